The van der Waals surface area contributed by atoms with E-state index in [1.54, 1.807) is 0 Å². The molecule has 0 saturated carbocycles. The Bertz CT molecular complexity index is 416. The molecule has 2 N–H and O–H groups in total. The number of rotatable bonds is 2. The molecule has 2 aromatic rings. The molecule has 1 heterocycles. The summed E-state index contributed by atoms with van der Waals surface area (Å²) in [7, 11) is 1.89. The van der Waals surface area contributed by atoms with Gasteiger partial charge in [-0.2, -0.15) is 5.10 Å². The normalized spacial score (nSPS) is 10.1. The van der Waals surface area contributed by atoms with E-state index in [4.69, 9.17) is 0 Å². The molecule has 1 aromatic carbocycles. The fourth-order valence-electron chi connectivity index (χ4n) is 1.26. The number of hydrogen-bond donors (Lipinski definition) is 2. The van der Waals surface area contributed by atoms with Gasteiger partial charge in [-0.3, -0.25) is 5.10 Å². The Morgan fingerprint density at radius 2 is 1.93 bits per heavy atom. The summed E-state index contributed by atoms with van der Waals surface area (Å²) in [6, 6.07) is 7.99. The molecule has 0 aliphatic carbocycles. The first-order valence-corrected chi connectivity index (χ1v) is 4.47. The molecule has 0 spiro atoms. The number of H-pyrrole nitrogens is 1. The van der Waals surface area contributed by atoms with Crippen molar-refractivity contribution in [1.29, 1.82) is 0 Å². The zero-order chi connectivity index (χ0) is 9.97. The van der Waals surface area contributed by atoms with Crippen LogP contribution in [0.3, 0.4) is 0 Å². The highest BCUT2D eigenvalue weighted by Crippen LogP contribution is 2.17. The van der Waals surface area contributed by atoms with Crippen molar-refractivity contribution in [3.05, 3.63) is 30.1 Å². The number of nitrogens with one attached hydrogen (secondary N) is 2. The van der Waals surface area contributed by atoms with Crippen LogP contribution in [0.4, 0.5) is 5.69 Å². The SMILES string of the molecule is CNc1ccc(-c2n[nH]c(C)n2)cc1. The number of aryl methyl sites for hydroxylation is 1. The van der Waals surface area contributed by atoms with Crippen molar-refractivity contribution in [1.82, 2.24) is 15.2 Å². The molecular weight excluding hydrogens is 176 g/mol. The topological polar surface area (TPSA) is 53.6 Å². The first-order valence-electron chi connectivity index (χ1n) is 4.47. The summed E-state index contributed by atoms with van der Waals surface area (Å²) < 4.78 is 0. The van der Waals surface area contributed by atoms with Crippen molar-refractivity contribution >= 4 is 5.69 Å². The summed E-state index contributed by atoms with van der Waals surface area (Å²) in [6.07, 6.45) is 0. The number of anilines is 1. The van der Waals surface area contributed by atoms with E-state index < -0.39 is 0 Å². The lowest BCUT2D eigenvalue weighted by Gasteiger charge is -1.99. The lowest BCUT2D eigenvalue weighted by Crippen LogP contribution is -1.87. The molecule has 0 bridgehead atoms. The van der Waals surface area contributed by atoms with Gasteiger partial charge < -0.3 is 5.32 Å². The van der Waals surface area contributed by atoms with Crippen LogP contribution in [-0.2, 0) is 0 Å². The predicted octanol–water partition coefficient (Wildman–Crippen LogP) is 1.82. The zero-order valence-corrected chi connectivity index (χ0v) is 8.20. The van der Waals surface area contributed by atoms with Gasteiger partial charge in [0.15, 0.2) is 5.82 Å². The van der Waals surface area contributed by atoms with E-state index in [0.717, 1.165) is 22.9 Å². The van der Waals surface area contributed by atoms with Gasteiger partial charge in [-0.05, 0) is 31.2 Å². The Morgan fingerprint density at radius 3 is 2.43 bits per heavy atom. The van der Waals surface area contributed by atoms with Gasteiger partial charge >= 0.3 is 0 Å². The highest BCUT2D eigenvalue weighted by Gasteiger charge is 2.02. The summed E-state index contributed by atoms with van der Waals surface area (Å²) in [4.78, 5) is 4.25. The molecular formula is C10H12N4. The molecule has 72 valence electrons. The second kappa shape index (κ2) is 3.49. The van der Waals surface area contributed by atoms with Gasteiger partial charge in [0.05, 0.1) is 0 Å². The quantitative estimate of drug-likeness (QED) is 0.755. The van der Waals surface area contributed by atoms with Crippen LogP contribution in [0.1, 0.15) is 5.82 Å². The Kier molecular flexibility index (Phi) is 2.18. The van der Waals surface area contributed by atoms with Crippen LogP contribution < -0.4 is 5.32 Å². The number of benzene rings is 1. The van der Waals surface area contributed by atoms with Crippen LogP contribution in [0.25, 0.3) is 11.4 Å². The van der Waals surface area contributed by atoms with E-state index in [1.807, 2.05) is 38.2 Å². The third-order valence-electron chi connectivity index (χ3n) is 2.03. The fourth-order valence-corrected chi connectivity index (χ4v) is 1.26. The molecule has 0 aliphatic heterocycles. The highest BCUT2D eigenvalue weighted by molar-refractivity contribution is 5.59. The number of hydrogen-bond acceptors (Lipinski definition) is 3. The molecule has 4 heteroatoms. The monoisotopic (exact) mass is 188 g/mol. The van der Waals surface area contributed by atoms with E-state index in [1.165, 1.54) is 0 Å². The minimum absolute atomic E-state index is 0.741. The van der Waals surface area contributed by atoms with Crippen molar-refractivity contribution in [3.63, 3.8) is 0 Å². The molecule has 14 heavy (non-hydrogen) atoms. The van der Waals surface area contributed by atoms with E-state index >= 15 is 0 Å². The first kappa shape index (κ1) is 8.74. The van der Waals surface area contributed by atoms with Crippen LogP contribution in [0.5, 0.6) is 0 Å². The van der Waals surface area contributed by atoms with E-state index in [-0.39, 0.29) is 0 Å². The molecule has 0 radical (unpaired) electrons. The summed E-state index contributed by atoms with van der Waals surface area (Å²) in [6.45, 7) is 1.89. The van der Waals surface area contributed by atoms with Crippen LogP contribution in [0, 0.1) is 6.92 Å². The van der Waals surface area contributed by atoms with Gasteiger partial charge in [0.25, 0.3) is 0 Å². The number of aromatic nitrogens is 3. The molecule has 0 saturated heterocycles. The summed E-state index contributed by atoms with van der Waals surface area (Å²) in [5.41, 5.74) is 2.11. The molecule has 0 amide bonds. The molecule has 2 rings (SSSR count). The van der Waals surface area contributed by atoms with Gasteiger partial charge in [-0.25, -0.2) is 4.98 Å². The molecule has 0 fully saturated rings. The number of nitrogens with zero attached hydrogens (tertiary/aromatic N) is 2. The lowest BCUT2D eigenvalue weighted by atomic mass is 10.2. The van der Waals surface area contributed by atoms with Gasteiger partial charge in [0.2, 0.25) is 0 Å². The van der Waals surface area contributed by atoms with Crippen LogP contribution in [0.15, 0.2) is 24.3 Å². The Hall–Kier alpha value is -1.84. The minimum Gasteiger partial charge on any atom is -0.388 e. The Balaban J connectivity index is 2.33. The van der Waals surface area contributed by atoms with Crippen LogP contribution in [-0.4, -0.2) is 22.2 Å². The third kappa shape index (κ3) is 1.59. The summed E-state index contributed by atoms with van der Waals surface area (Å²) >= 11 is 0. The maximum atomic E-state index is 4.25. The van der Waals surface area contributed by atoms with Crippen LogP contribution >= 0.6 is 0 Å². The predicted molar refractivity (Wildman–Crippen MR) is 56.1 cm³/mol. The molecule has 4 nitrogen and oxygen atoms in total. The van der Waals surface area contributed by atoms with Crippen LogP contribution in [0.2, 0.25) is 0 Å². The summed E-state index contributed by atoms with van der Waals surface area (Å²) in [5.74, 6) is 1.57. The second-order valence-electron chi connectivity index (χ2n) is 3.07. The Morgan fingerprint density at radius 1 is 1.21 bits per heavy atom. The van der Waals surface area contributed by atoms with E-state index in [9.17, 15) is 0 Å². The minimum atomic E-state index is 0.741. The third-order valence-corrected chi connectivity index (χ3v) is 2.03. The number of aromatic amines is 1. The molecule has 0 aliphatic rings. The standard InChI is InChI=1S/C10H12N4/c1-7-12-10(14-13-7)8-3-5-9(11-2)6-4-8/h3-6,11H,1-2H3,(H,12,13,14). The average Bonchev–Trinajstić information content (AvgIpc) is 2.65. The van der Waals surface area contributed by atoms with Crippen molar-refractivity contribution < 1.29 is 0 Å². The smallest absolute Gasteiger partial charge is 0.181 e. The van der Waals surface area contributed by atoms with Crippen molar-refractivity contribution in [3.8, 4) is 11.4 Å². The zero-order valence-electron chi connectivity index (χ0n) is 8.20. The summed E-state index contributed by atoms with van der Waals surface area (Å²) in [5, 5.41) is 9.97. The largest absolute Gasteiger partial charge is 0.388 e. The lowest BCUT2D eigenvalue weighted by molar-refractivity contribution is 1.04. The van der Waals surface area contributed by atoms with Gasteiger partial charge in [-0.15, -0.1) is 0 Å². The molecule has 0 unspecified atom stereocenters. The van der Waals surface area contributed by atoms with Crippen molar-refractivity contribution in [2.45, 2.75) is 6.92 Å². The average molecular weight is 188 g/mol. The van der Waals surface area contributed by atoms with E-state index in [0.29, 0.717) is 0 Å². The fraction of sp³-hybridized carbons (Fsp3) is 0.200. The molecule has 1 aromatic heterocycles. The van der Waals surface area contributed by atoms with Crippen molar-refractivity contribution in [2.24, 2.45) is 0 Å². The molecule has 0 atom stereocenters. The second-order valence-corrected chi connectivity index (χ2v) is 3.07. The van der Waals surface area contributed by atoms with Gasteiger partial charge in [-0.1, -0.05) is 0 Å². The van der Waals surface area contributed by atoms with Gasteiger partial charge in [0, 0.05) is 18.3 Å². The van der Waals surface area contributed by atoms with E-state index in [2.05, 4.69) is 20.5 Å². The van der Waals surface area contributed by atoms with Crippen molar-refractivity contribution in [2.75, 3.05) is 12.4 Å². The first-order chi connectivity index (χ1) is 6.79. The maximum Gasteiger partial charge on any atom is 0.181 e. The Labute approximate surface area is 82.4 Å². The maximum absolute atomic E-state index is 4.25. The van der Waals surface area contributed by atoms with Gasteiger partial charge in [0.1, 0.15) is 5.82 Å². The highest BCUT2D eigenvalue weighted by atomic mass is 15.2.